The van der Waals surface area contributed by atoms with Gasteiger partial charge < -0.3 is 26.2 Å². The Kier molecular flexibility index (Phi) is 10.2. The zero-order valence-electron chi connectivity index (χ0n) is 17.0. The van der Waals surface area contributed by atoms with E-state index in [0.29, 0.717) is 31.4 Å². The van der Waals surface area contributed by atoms with Crippen LogP contribution in [0, 0.1) is 16.0 Å². The van der Waals surface area contributed by atoms with Crippen molar-refractivity contribution in [1.82, 2.24) is 10.6 Å². The minimum atomic E-state index is -1.11. The topological polar surface area (TPSA) is 174 Å². The monoisotopic (exact) mass is 424 g/mol. The van der Waals surface area contributed by atoms with Gasteiger partial charge in [0.25, 0.3) is 5.69 Å². The van der Waals surface area contributed by atoms with Crippen LogP contribution in [0.1, 0.15) is 38.7 Å². The molecule has 0 aromatic heterocycles. The largest absolute Gasteiger partial charge is 0.480 e. The number of benzene rings is 1. The van der Waals surface area contributed by atoms with Crippen molar-refractivity contribution in [3.8, 4) is 0 Å². The molecule has 1 aromatic carbocycles. The molecule has 0 saturated carbocycles. The number of nitrogens with zero attached hydrogens (tertiary/aromatic N) is 1. The summed E-state index contributed by atoms with van der Waals surface area (Å²) in [7, 11) is 0. The van der Waals surface area contributed by atoms with Gasteiger partial charge in [-0.1, -0.05) is 13.8 Å². The molecule has 166 valence electrons. The summed E-state index contributed by atoms with van der Waals surface area (Å²) >= 11 is 0. The predicted molar refractivity (Wildman–Crippen MR) is 108 cm³/mol. The summed E-state index contributed by atoms with van der Waals surface area (Å²) < 4.78 is 5.02. The molecule has 0 radical (unpaired) electrons. The lowest BCUT2D eigenvalue weighted by atomic mass is 10.0. The van der Waals surface area contributed by atoms with Crippen LogP contribution in [0.4, 0.5) is 10.5 Å². The highest BCUT2D eigenvalue weighted by atomic mass is 16.6. The van der Waals surface area contributed by atoms with Gasteiger partial charge in [0.1, 0.15) is 12.6 Å². The Morgan fingerprint density at radius 3 is 2.37 bits per heavy atom. The summed E-state index contributed by atoms with van der Waals surface area (Å²) in [4.78, 5) is 44.8. The number of alkyl carbamates (subject to hydrolysis) is 1. The van der Waals surface area contributed by atoms with Crippen LogP contribution in [0.3, 0.4) is 0 Å². The van der Waals surface area contributed by atoms with Crippen LogP contribution in [-0.2, 0) is 20.9 Å². The van der Waals surface area contributed by atoms with E-state index in [1.165, 1.54) is 24.3 Å². The van der Waals surface area contributed by atoms with E-state index >= 15 is 0 Å². The number of hydrogen-bond donors (Lipinski definition) is 4. The van der Waals surface area contributed by atoms with Gasteiger partial charge >= 0.3 is 12.1 Å². The van der Waals surface area contributed by atoms with E-state index < -0.39 is 35.0 Å². The van der Waals surface area contributed by atoms with Gasteiger partial charge in [-0.25, -0.2) is 9.59 Å². The minimum Gasteiger partial charge on any atom is -0.480 e. The standard InChI is InChI=1S/C19H28N4O7/c1-12(2)16(18(25)26)22-17(24)15(20)5-3-4-10-21-19(27)30-11-13-6-8-14(9-7-13)23(28)29/h6-9,12,15-16H,3-5,10-11,20H2,1-2H3,(H,21,27)(H,22,24)(H,25,26). The van der Waals surface area contributed by atoms with Crippen molar-refractivity contribution in [3.05, 3.63) is 39.9 Å². The quantitative estimate of drug-likeness (QED) is 0.222. The average molecular weight is 424 g/mol. The summed E-state index contributed by atoms with van der Waals surface area (Å²) in [5, 5.41) is 24.7. The highest BCUT2D eigenvalue weighted by Gasteiger charge is 2.25. The van der Waals surface area contributed by atoms with Crippen molar-refractivity contribution < 1.29 is 29.2 Å². The maximum atomic E-state index is 12.0. The van der Waals surface area contributed by atoms with Gasteiger partial charge in [0.2, 0.25) is 5.91 Å². The SMILES string of the molecule is CC(C)C(NC(=O)C(N)CCCCNC(=O)OCc1ccc([N+](=O)[O-])cc1)C(=O)O. The second-order valence-corrected chi connectivity index (χ2v) is 7.10. The molecule has 0 bridgehead atoms. The lowest BCUT2D eigenvalue weighted by Gasteiger charge is -2.20. The zero-order chi connectivity index (χ0) is 22.7. The molecule has 0 fully saturated rings. The van der Waals surface area contributed by atoms with E-state index in [0.717, 1.165) is 0 Å². The molecule has 0 aliphatic heterocycles. The predicted octanol–water partition coefficient (Wildman–Crippen LogP) is 1.54. The normalized spacial score (nSPS) is 12.7. The summed E-state index contributed by atoms with van der Waals surface area (Å²) in [6.45, 7) is 3.68. The maximum Gasteiger partial charge on any atom is 0.407 e. The highest BCUT2D eigenvalue weighted by molar-refractivity contribution is 5.86. The summed E-state index contributed by atoms with van der Waals surface area (Å²) in [6.07, 6.45) is 0.823. The van der Waals surface area contributed by atoms with Crippen molar-refractivity contribution >= 4 is 23.7 Å². The molecule has 11 heteroatoms. The zero-order valence-corrected chi connectivity index (χ0v) is 17.0. The first kappa shape index (κ1) is 24.8. The van der Waals surface area contributed by atoms with Crippen LogP contribution in [0.5, 0.6) is 0 Å². The first-order chi connectivity index (χ1) is 14.1. The number of amides is 2. The average Bonchev–Trinajstić information content (AvgIpc) is 2.69. The Bertz CT molecular complexity index is 737. The van der Waals surface area contributed by atoms with E-state index in [1.54, 1.807) is 13.8 Å². The Morgan fingerprint density at radius 1 is 1.20 bits per heavy atom. The number of carbonyl (C=O) groups excluding carboxylic acids is 2. The van der Waals surface area contributed by atoms with E-state index in [2.05, 4.69) is 10.6 Å². The summed E-state index contributed by atoms with van der Waals surface area (Å²) in [5.74, 6) is -1.89. The number of nitrogens with one attached hydrogen (secondary N) is 2. The van der Waals surface area contributed by atoms with Crippen molar-refractivity contribution in [2.24, 2.45) is 11.7 Å². The molecule has 2 atom stereocenters. The number of unbranched alkanes of at least 4 members (excludes halogenated alkanes) is 1. The van der Waals surface area contributed by atoms with Crippen molar-refractivity contribution in [1.29, 1.82) is 0 Å². The molecule has 1 rings (SSSR count). The Labute approximate surface area is 174 Å². The second kappa shape index (κ2) is 12.4. The highest BCUT2D eigenvalue weighted by Crippen LogP contribution is 2.12. The molecule has 0 spiro atoms. The van der Waals surface area contributed by atoms with E-state index in [9.17, 15) is 24.5 Å². The Balaban J connectivity index is 2.21. The van der Waals surface area contributed by atoms with E-state index in [4.69, 9.17) is 15.6 Å². The van der Waals surface area contributed by atoms with Crippen molar-refractivity contribution in [3.63, 3.8) is 0 Å². The van der Waals surface area contributed by atoms with Gasteiger partial charge in [-0.3, -0.25) is 14.9 Å². The molecule has 1 aromatic rings. The Morgan fingerprint density at radius 2 is 1.83 bits per heavy atom. The molecular formula is C19H28N4O7. The van der Waals surface area contributed by atoms with Gasteiger partial charge in [0.05, 0.1) is 11.0 Å². The number of aliphatic carboxylic acids is 1. The third-order valence-corrected chi connectivity index (χ3v) is 4.30. The number of nitro groups is 1. The van der Waals surface area contributed by atoms with Crippen molar-refractivity contribution in [2.75, 3.05) is 6.54 Å². The number of hydrogen-bond acceptors (Lipinski definition) is 7. The molecule has 0 heterocycles. The molecular weight excluding hydrogens is 396 g/mol. The number of carboxylic acids is 1. The van der Waals surface area contributed by atoms with Gasteiger partial charge in [0, 0.05) is 18.7 Å². The summed E-state index contributed by atoms with van der Waals surface area (Å²) in [5.41, 5.74) is 6.37. The van der Waals surface area contributed by atoms with Gasteiger partial charge in [0.15, 0.2) is 0 Å². The Hall–Kier alpha value is -3.21. The first-order valence-corrected chi connectivity index (χ1v) is 9.54. The third kappa shape index (κ3) is 8.86. The number of nitrogens with two attached hydrogens (primary N) is 1. The molecule has 30 heavy (non-hydrogen) atoms. The fourth-order valence-corrected chi connectivity index (χ4v) is 2.50. The molecule has 2 amide bonds. The lowest BCUT2D eigenvalue weighted by Crippen LogP contribution is -2.50. The van der Waals surface area contributed by atoms with Crippen LogP contribution in [0.25, 0.3) is 0 Å². The number of rotatable bonds is 12. The number of carbonyl (C=O) groups is 3. The van der Waals surface area contributed by atoms with Crippen LogP contribution in [0.15, 0.2) is 24.3 Å². The van der Waals surface area contributed by atoms with Gasteiger partial charge in [-0.05, 0) is 42.9 Å². The fraction of sp³-hybridized carbons (Fsp3) is 0.526. The maximum absolute atomic E-state index is 12.0. The number of carboxylic acid groups (broad SMARTS) is 1. The number of nitro benzene ring substituents is 1. The van der Waals surface area contributed by atoms with Crippen LogP contribution in [0.2, 0.25) is 0 Å². The first-order valence-electron chi connectivity index (χ1n) is 9.54. The minimum absolute atomic E-state index is 0.0184. The fourth-order valence-electron chi connectivity index (χ4n) is 2.50. The number of non-ortho nitro benzene ring substituents is 1. The van der Waals surface area contributed by atoms with Gasteiger partial charge in [-0.2, -0.15) is 0 Å². The van der Waals surface area contributed by atoms with Crippen LogP contribution in [-0.4, -0.2) is 46.6 Å². The van der Waals surface area contributed by atoms with E-state index in [1.807, 2.05) is 0 Å². The van der Waals surface area contributed by atoms with Crippen LogP contribution >= 0.6 is 0 Å². The van der Waals surface area contributed by atoms with Crippen molar-refractivity contribution in [2.45, 2.75) is 51.8 Å². The molecule has 0 saturated heterocycles. The summed E-state index contributed by atoms with van der Waals surface area (Å²) in [6, 6.07) is 3.85. The third-order valence-electron chi connectivity index (χ3n) is 4.30. The van der Waals surface area contributed by atoms with Gasteiger partial charge in [-0.15, -0.1) is 0 Å². The molecule has 11 nitrogen and oxygen atoms in total. The van der Waals surface area contributed by atoms with E-state index in [-0.39, 0.29) is 18.2 Å². The molecule has 0 aliphatic rings. The molecule has 0 aliphatic carbocycles. The van der Waals surface area contributed by atoms with Crippen LogP contribution < -0.4 is 16.4 Å². The molecule has 2 unspecified atom stereocenters. The number of ether oxygens (including phenoxy) is 1. The lowest BCUT2D eigenvalue weighted by molar-refractivity contribution is -0.384. The smallest absolute Gasteiger partial charge is 0.407 e. The second-order valence-electron chi connectivity index (χ2n) is 7.10. The molecule has 5 N–H and O–H groups in total.